The second kappa shape index (κ2) is 8.25. The van der Waals surface area contributed by atoms with Gasteiger partial charge in [-0.05, 0) is 31.4 Å². The molecule has 3 rings (SSSR count). The molecule has 3 atom stereocenters. The van der Waals surface area contributed by atoms with Crippen LogP contribution in [0.3, 0.4) is 0 Å². The number of hydrogen-bond donors (Lipinski definition) is 2. The molecule has 1 aromatic rings. The summed E-state index contributed by atoms with van der Waals surface area (Å²) in [6, 6.07) is 12.1. The van der Waals surface area contributed by atoms with Crippen molar-refractivity contribution in [3.8, 4) is 0 Å². The molecular weight excluding hydrogens is 286 g/mol. The van der Waals surface area contributed by atoms with Crippen molar-refractivity contribution in [3.63, 3.8) is 0 Å². The first-order valence-corrected chi connectivity index (χ1v) is 9.16. The summed E-state index contributed by atoms with van der Waals surface area (Å²) < 4.78 is 0. The number of hydrogen-bond acceptors (Lipinski definition) is 4. The highest BCUT2D eigenvalue weighted by molar-refractivity contribution is 5.14. The normalized spacial score (nSPS) is 27.0. The average Bonchev–Trinajstić information content (AvgIpc) is 2.97. The van der Waals surface area contributed by atoms with Gasteiger partial charge in [0.05, 0.1) is 6.10 Å². The van der Waals surface area contributed by atoms with E-state index in [0.29, 0.717) is 12.1 Å². The molecule has 2 fully saturated rings. The largest absolute Gasteiger partial charge is 0.393 e. The van der Waals surface area contributed by atoms with Crippen LogP contribution in [0.15, 0.2) is 30.3 Å². The maximum atomic E-state index is 9.66. The van der Waals surface area contributed by atoms with Crippen molar-refractivity contribution in [2.75, 3.05) is 32.7 Å². The van der Waals surface area contributed by atoms with Crippen LogP contribution in [-0.4, -0.2) is 65.8 Å². The molecule has 0 amide bonds. The van der Waals surface area contributed by atoms with E-state index in [4.69, 9.17) is 0 Å². The van der Waals surface area contributed by atoms with E-state index in [1.54, 1.807) is 0 Å². The first-order chi connectivity index (χ1) is 11.2. The number of fused-ring (bicyclic) bond motifs is 1. The predicted octanol–water partition coefficient (Wildman–Crippen LogP) is 1.70. The molecule has 4 nitrogen and oxygen atoms in total. The Bertz CT molecular complexity index is 467. The number of nitrogens with zero attached hydrogens (tertiary/aromatic N) is 2. The second-order valence-corrected chi connectivity index (χ2v) is 7.11. The molecule has 0 spiro atoms. The highest BCUT2D eigenvalue weighted by Crippen LogP contribution is 2.23. The first kappa shape index (κ1) is 16.9. The number of rotatable bonds is 7. The molecule has 2 saturated heterocycles. The molecular formula is C19H31N3O. The zero-order valence-electron chi connectivity index (χ0n) is 14.3. The van der Waals surface area contributed by atoms with Crippen LogP contribution in [0, 0.1) is 0 Å². The summed E-state index contributed by atoms with van der Waals surface area (Å²) in [7, 11) is 0. The van der Waals surface area contributed by atoms with Gasteiger partial charge in [0.15, 0.2) is 0 Å². The third kappa shape index (κ3) is 4.77. The van der Waals surface area contributed by atoms with E-state index in [9.17, 15) is 5.11 Å². The molecule has 1 aromatic carbocycles. The fraction of sp³-hybridized carbons (Fsp3) is 0.684. The summed E-state index contributed by atoms with van der Waals surface area (Å²) in [5.74, 6) is 0. The lowest BCUT2D eigenvalue weighted by Crippen LogP contribution is -2.49. The Morgan fingerprint density at radius 3 is 2.83 bits per heavy atom. The highest BCUT2D eigenvalue weighted by Gasteiger charge is 2.35. The molecule has 2 N–H and O–H groups in total. The number of aliphatic hydroxyl groups is 1. The quantitative estimate of drug-likeness (QED) is 0.803. The minimum atomic E-state index is -0.146. The van der Waals surface area contributed by atoms with Crippen molar-refractivity contribution in [1.82, 2.24) is 15.1 Å². The zero-order valence-corrected chi connectivity index (χ0v) is 14.3. The SMILES string of the molecule is CCC(O)CCNC1C[C@H]2CN(Cc3ccccc3)CCN2C1. The van der Waals surface area contributed by atoms with Crippen molar-refractivity contribution in [3.05, 3.63) is 35.9 Å². The maximum Gasteiger partial charge on any atom is 0.0549 e. The summed E-state index contributed by atoms with van der Waals surface area (Å²) >= 11 is 0. The van der Waals surface area contributed by atoms with Crippen LogP contribution in [0.5, 0.6) is 0 Å². The standard InChI is InChI=1S/C19H31N3O/c1-2-19(23)8-9-20-17-12-18-15-21(10-11-22(18)14-17)13-16-6-4-3-5-7-16/h3-7,17-20,23H,2,8-15H2,1H3/t17?,18-,19?/m0/s1. The fourth-order valence-corrected chi connectivity index (χ4v) is 3.90. The summed E-state index contributed by atoms with van der Waals surface area (Å²) in [5.41, 5.74) is 1.42. The van der Waals surface area contributed by atoms with E-state index in [-0.39, 0.29) is 6.10 Å². The third-order valence-corrected chi connectivity index (χ3v) is 5.33. The molecule has 2 unspecified atom stereocenters. The van der Waals surface area contributed by atoms with Crippen LogP contribution in [0.4, 0.5) is 0 Å². The molecule has 4 heteroatoms. The van der Waals surface area contributed by atoms with Gasteiger partial charge < -0.3 is 10.4 Å². The van der Waals surface area contributed by atoms with Crippen molar-refractivity contribution in [2.45, 2.75) is 50.9 Å². The smallest absolute Gasteiger partial charge is 0.0549 e. The fourth-order valence-electron chi connectivity index (χ4n) is 3.90. The van der Waals surface area contributed by atoms with Gasteiger partial charge >= 0.3 is 0 Å². The van der Waals surface area contributed by atoms with Crippen LogP contribution in [0.25, 0.3) is 0 Å². The molecule has 0 aliphatic carbocycles. The molecule has 0 bridgehead atoms. The van der Waals surface area contributed by atoms with Gasteiger partial charge in [0.1, 0.15) is 0 Å². The topological polar surface area (TPSA) is 38.7 Å². The van der Waals surface area contributed by atoms with Gasteiger partial charge in [-0.3, -0.25) is 9.80 Å². The molecule has 2 aliphatic heterocycles. The molecule has 128 valence electrons. The monoisotopic (exact) mass is 317 g/mol. The highest BCUT2D eigenvalue weighted by atomic mass is 16.3. The van der Waals surface area contributed by atoms with E-state index in [2.05, 4.69) is 45.4 Å². The van der Waals surface area contributed by atoms with Crippen LogP contribution >= 0.6 is 0 Å². The first-order valence-electron chi connectivity index (χ1n) is 9.16. The Morgan fingerprint density at radius 2 is 2.04 bits per heavy atom. The Labute approximate surface area is 140 Å². The van der Waals surface area contributed by atoms with E-state index in [1.165, 1.54) is 38.2 Å². The Kier molecular flexibility index (Phi) is 6.06. The van der Waals surface area contributed by atoms with E-state index < -0.39 is 0 Å². The second-order valence-electron chi connectivity index (χ2n) is 7.11. The summed E-state index contributed by atoms with van der Waals surface area (Å²) in [4.78, 5) is 5.25. The Hall–Kier alpha value is -0.940. The van der Waals surface area contributed by atoms with Gasteiger partial charge in [0, 0.05) is 44.8 Å². The Balaban J connectivity index is 1.42. The average molecular weight is 317 g/mol. The Morgan fingerprint density at radius 1 is 1.22 bits per heavy atom. The van der Waals surface area contributed by atoms with Crippen LogP contribution < -0.4 is 5.32 Å². The number of piperazine rings is 1. The minimum absolute atomic E-state index is 0.146. The van der Waals surface area contributed by atoms with Gasteiger partial charge in [-0.25, -0.2) is 0 Å². The molecule has 2 heterocycles. The van der Waals surface area contributed by atoms with Gasteiger partial charge in [-0.15, -0.1) is 0 Å². The lowest BCUT2D eigenvalue weighted by molar-refractivity contribution is 0.0991. The summed E-state index contributed by atoms with van der Waals surface area (Å²) in [6.45, 7) is 8.78. The molecule has 23 heavy (non-hydrogen) atoms. The third-order valence-electron chi connectivity index (χ3n) is 5.33. The molecule has 0 aromatic heterocycles. The number of nitrogens with one attached hydrogen (secondary N) is 1. The van der Waals surface area contributed by atoms with E-state index in [0.717, 1.165) is 25.9 Å². The van der Waals surface area contributed by atoms with Crippen molar-refractivity contribution < 1.29 is 5.11 Å². The van der Waals surface area contributed by atoms with Crippen LogP contribution in [0.1, 0.15) is 31.7 Å². The molecule has 0 saturated carbocycles. The van der Waals surface area contributed by atoms with E-state index >= 15 is 0 Å². The summed E-state index contributed by atoms with van der Waals surface area (Å²) in [6.07, 6.45) is 2.83. The maximum absolute atomic E-state index is 9.66. The summed E-state index contributed by atoms with van der Waals surface area (Å²) in [5, 5.41) is 13.3. The lowest BCUT2D eigenvalue weighted by Gasteiger charge is -2.37. The van der Waals surface area contributed by atoms with Crippen LogP contribution in [0.2, 0.25) is 0 Å². The van der Waals surface area contributed by atoms with Gasteiger partial charge in [-0.1, -0.05) is 37.3 Å². The van der Waals surface area contributed by atoms with E-state index in [1.807, 2.05) is 6.92 Å². The van der Waals surface area contributed by atoms with Crippen LogP contribution in [-0.2, 0) is 6.54 Å². The zero-order chi connectivity index (χ0) is 16.1. The predicted molar refractivity (Wildman–Crippen MR) is 94.4 cm³/mol. The number of aliphatic hydroxyl groups excluding tert-OH is 1. The van der Waals surface area contributed by atoms with Crippen molar-refractivity contribution >= 4 is 0 Å². The van der Waals surface area contributed by atoms with Gasteiger partial charge in [0.25, 0.3) is 0 Å². The van der Waals surface area contributed by atoms with Crippen molar-refractivity contribution in [2.24, 2.45) is 0 Å². The lowest BCUT2D eigenvalue weighted by atomic mass is 10.1. The van der Waals surface area contributed by atoms with Gasteiger partial charge in [-0.2, -0.15) is 0 Å². The molecule has 0 radical (unpaired) electrons. The number of benzene rings is 1. The van der Waals surface area contributed by atoms with Gasteiger partial charge in [0.2, 0.25) is 0 Å². The van der Waals surface area contributed by atoms with Crippen molar-refractivity contribution in [1.29, 1.82) is 0 Å². The molecule has 2 aliphatic rings. The minimum Gasteiger partial charge on any atom is -0.393 e.